The van der Waals surface area contributed by atoms with Crippen LogP contribution >= 0.6 is 0 Å². The van der Waals surface area contributed by atoms with Crippen molar-refractivity contribution >= 4 is 16.7 Å². The molecule has 0 aromatic heterocycles. The summed E-state index contributed by atoms with van der Waals surface area (Å²) in [5.41, 5.74) is 0.719. The summed E-state index contributed by atoms with van der Waals surface area (Å²) in [5.74, 6) is 1.36. The van der Waals surface area contributed by atoms with Crippen LogP contribution in [0.2, 0.25) is 0 Å². The van der Waals surface area contributed by atoms with E-state index >= 15 is 0 Å². The predicted octanol–water partition coefficient (Wildman–Crippen LogP) is 3.75. The van der Waals surface area contributed by atoms with Crippen LogP contribution in [0.4, 0.5) is 0 Å². The van der Waals surface area contributed by atoms with E-state index in [-0.39, 0.29) is 11.7 Å². The third-order valence-electron chi connectivity index (χ3n) is 4.90. The zero-order valence-electron chi connectivity index (χ0n) is 12.9. The molecule has 2 unspecified atom stereocenters. The van der Waals surface area contributed by atoms with Crippen LogP contribution < -0.4 is 0 Å². The average molecular weight is 305 g/mol. The van der Waals surface area contributed by atoms with Crippen LogP contribution in [0, 0.1) is 11.8 Å². The van der Waals surface area contributed by atoms with E-state index in [4.69, 9.17) is 0 Å². The van der Waals surface area contributed by atoms with E-state index in [9.17, 15) is 9.90 Å². The molecule has 2 atom stereocenters. The van der Waals surface area contributed by atoms with Crippen LogP contribution in [0.1, 0.15) is 16.8 Å². The fourth-order valence-electron chi connectivity index (χ4n) is 3.59. The minimum absolute atomic E-state index is 0.0985. The summed E-state index contributed by atoms with van der Waals surface area (Å²) >= 11 is 0. The van der Waals surface area contributed by atoms with Crippen molar-refractivity contribution in [3.05, 3.63) is 66.3 Å². The molecule has 116 valence electrons. The van der Waals surface area contributed by atoms with Crippen molar-refractivity contribution in [2.45, 2.75) is 6.42 Å². The second-order valence-electron chi connectivity index (χ2n) is 6.38. The van der Waals surface area contributed by atoms with E-state index in [1.54, 1.807) is 12.1 Å². The summed E-state index contributed by atoms with van der Waals surface area (Å²) in [4.78, 5) is 14.8. The highest BCUT2D eigenvalue weighted by Gasteiger charge is 2.29. The Morgan fingerprint density at radius 2 is 1.74 bits per heavy atom. The highest BCUT2D eigenvalue weighted by atomic mass is 16.3. The molecule has 23 heavy (non-hydrogen) atoms. The van der Waals surface area contributed by atoms with E-state index in [0.29, 0.717) is 11.8 Å². The van der Waals surface area contributed by atoms with Crippen molar-refractivity contribution in [3.8, 4) is 5.75 Å². The van der Waals surface area contributed by atoms with Gasteiger partial charge in [-0.15, -0.1) is 0 Å². The van der Waals surface area contributed by atoms with Gasteiger partial charge in [-0.3, -0.25) is 4.79 Å². The number of likely N-dealkylation sites (tertiary alicyclic amines) is 1. The first-order valence-corrected chi connectivity index (χ1v) is 8.08. The van der Waals surface area contributed by atoms with Gasteiger partial charge in [-0.25, -0.2) is 0 Å². The predicted molar refractivity (Wildman–Crippen MR) is 91.4 cm³/mol. The standard InChI is InChI=1S/C20H19NO2/c22-19-8-7-15-11-17(6-5-16(15)12-19)20(23)21-10-9-14-3-1-2-4-18(14)13-21/h1-8,11-12,14,18,22H,9-10,13H2. The molecule has 3 heteroatoms. The fourth-order valence-corrected chi connectivity index (χ4v) is 3.59. The third-order valence-corrected chi connectivity index (χ3v) is 4.90. The van der Waals surface area contributed by atoms with Crippen molar-refractivity contribution in [2.24, 2.45) is 11.8 Å². The lowest BCUT2D eigenvalue weighted by Gasteiger charge is -2.37. The molecule has 1 aliphatic carbocycles. The first kappa shape index (κ1) is 14.1. The monoisotopic (exact) mass is 305 g/mol. The molecule has 0 spiro atoms. The van der Waals surface area contributed by atoms with Crippen molar-refractivity contribution in [1.82, 2.24) is 4.90 Å². The molecule has 0 radical (unpaired) electrons. The number of benzene rings is 2. The maximum absolute atomic E-state index is 12.8. The third kappa shape index (κ3) is 2.63. The van der Waals surface area contributed by atoms with Crippen molar-refractivity contribution in [1.29, 1.82) is 0 Å². The van der Waals surface area contributed by atoms with E-state index in [0.717, 1.165) is 35.8 Å². The summed E-state index contributed by atoms with van der Waals surface area (Å²) in [5, 5.41) is 11.5. The second kappa shape index (κ2) is 5.58. The molecular weight excluding hydrogens is 286 g/mol. The molecule has 2 aromatic rings. The van der Waals surface area contributed by atoms with Crippen molar-refractivity contribution in [3.63, 3.8) is 0 Å². The number of amides is 1. The topological polar surface area (TPSA) is 40.5 Å². The lowest BCUT2D eigenvalue weighted by molar-refractivity contribution is 0.0663. The summed E-state index contributed by atoms with van der Waals surface area (Å²) in [6, 6.07) is 10.9. The maximum atomic E-state index is 12.8. The van der Waals surface area contributed by atoms with Gasteiger partial charge in [-0.2, -0.15) is 0 Å². The molecule has 1 N–H and O–H groups in total. The Kier molecular flexibility index (Phi) is 3.41. The smallest absolute Gasteiger partial charge is 0.253 e. The number of phenols is 1. The maximum Gasteiger partial charge on any atom is 0.253 e. The zero-order chi connectivity index (χ0) is 15.8. The number of nitrogens with zero attached hydrogens (tertiary/aromatic N) is 1. The second-order valence-corrected chi connectivity index (χ2v) is 6.38. The summed E-state index contributed by atoms with van der Waals surface area (Å²) < 4.78 is 0. The van der Waals surface area contributed by atoms with Crippen LogP contribution in [0.25, 0.3) is 10.8 Å². The summed E-state index contributed by atoms with van der Waals surface area (Å²) in [7, 11) is 0. The number of phenolic OH excluding ortho intramolecular Hbond substituents is 1. The van der Waals surface area contributed by atoms with Gasteiger partial charge in [-0.1, -0.05) is 36.4 Å². The SMILES string of the molecule is O=C(c1ccc2cc(O)ccc2c1)N1CCC2C=CC=CC2C1. The number of hydrogen-bond acceptors (Lipinski definition) is 2. The molecule has 1 saturated heterocycles. The molecule has 1 amide bonds. The molecule has 0 saturated carbocycles. The number of carbonyl (C=O) groups excluding carboxylic acids is 1. The lowest BCUT2D eigenvalue weighted by atomic mass is 9.82. The van der Waals surface area contributed by atoms with Gasteiger partial charge in [0.15, 0.2) is 0 Å². The first-order valence-electron chi connectivity index (χ1n) is 8.08. The molecule has 1 heterocycles. The quantitative estimate of drug-likeness (QED) is 0.871. The molecule has 1 fully saturated rings. The van der Waals surface area contributed by atoms with E-state index in [1.165, 1.54) is 0 Å². The normalized spacial score (nSPS) is 23.0. The number of carbonyl (C=O) groups is 1. The lowest BCUT2D eigenvalue weighted by Crippen LogP contribution is -2.43. The number of hydrogen-bond donors (Lipinski definition) is 1. The van der Waals surface area contributed by atoms with Crippen LogP contribution in [-0.4, -0.2) is 29.0 Å². The van der Waals surface area contributed by atoms with Crippen LogP contribution in [0.3, 0.4) is 0 Å². The van der Waals surface area contributed by atoms with Crippen molar-refractivity contribution in [2.75, 3.05) is 13.1 Å². The fraction of sp³-hybridized carbons (Fsp3) is 0.250. The molecular formula is C20H19NO2. The Balaban J connectivity index is 1.58. The van der Waals surface area contributed by atoms with Gasteiger partial charge in [0.05, 0.1) is 0 Å². The minimum atomic E-state index is 0.0985. The molecule has 1 aliphatic heterocycles. The molecule has 2 aromatic carbocycles. The number of allylic oxidation sites excluding steroid dienone is 3. The van der Waals surface area contributed by atoms with Crippen molar-refractivity contribution < 1.29 is 9.90 Å². The Labute approximate surface area is 135 Å². The van der Waals surface area contributed by atoms with Gasteiger partial charge in [0, 0.05) is 24.6 Å². The Hall–Kier alpha value is -2.55. The Morgan fingerprint density at radius 3 is 2.61 bits per heavy atom. The minimum Gasteiger partial charge on any atom is -0.508 e. The summed E-state index contributed by atoms with van der Waals surface area (Å²) in [6.07, 6.45) is 9.69. The van der Waals surface area contributed by atoms with Gasteiger partial charge in [0.2, 0.25) is 0 Å². The van der Waals surface area contributed by atoms with Gasteiger partial charge < -0.3 is 10.0 Å². The Bertz CT molecular complexity index is 822. The van der Waals surface area contributed by atoms with E-state index in [1.807, 2.05) is 29.2 Å². The van der Waals surface area contributed by atoms with Gasteiger partial charge in [0.25, 0.3) is 5.91 Å². The zero-order valence-corrected chi connectivity index (χ0v) is 12.9. The molecule has 0 bridgehead atoms. The van der Waals surface area contributed by atoms with E-state index in [2.05, 4.69) is 24.3 Å². The molecule has 3 nitrogen and oxygen atoms in total. The molecule has 4 rings (SSSR count). The largest absolute Gasteiger partial charge is 0.508 e. The Morgan fingerprint density at radius 1 is 1.00 bits per heavy atom. The highest BCUT2D eigenvalue weighted by Crippen LogP contribution is 2.30. The van der Waals surface area contributed by atoms with Gasteiger partial charge in [0.1, 0.15) is 5.75 Å². The van der Waals surface area contributed by atoms with E-state index < -0.39 is 0 Å². The van der Waals surface area contributed by atoms with Crippen LogP contribution in [-0.2, 0) is 0 Å². The van der Waals surface area contributed by atoms with Crippen LogP contribution in [0.15, 0.2) is 60.7 Å². The number of piperidine rings is 1. The first-order chi connectivity index (χ1) is 11.2. The highest BCUT2D eigenvalue weighted by molar-refractivity contribution is 5.98. The number of rotatable bonds is 1. The van der Waals surface area contributed by atoms with Gasteiger partial charge >= 0.3 is 0 Å². The van der Waals surface area contributed by atoms with Crippen LogP contribution in [0.5, 0.6) is 5.75 Å². The molecule has 2 aliphatic rings. The van der Waals surface area contributed by atoms with Gasteiger partial charge in [-0.05, 0) is 47.4 Å². The summed E-state index contributed by atoms with van der Waals surface area (Å²) in [6.45, 7) is 1.60. The number of aromatic hydroxyl groups is 1. The average Bonchev–Trinajstić information content (AvgIpc) is 2.60. The number of fused-ring (bicyclic) bond motifs is 2.